The topological polar surface area (TPSA) is 122 Å². The van der Waals surface area contributed by atoms with Crippen LogP contribution in [0.1, 0.15) is 15.9 Å². The van der Waals surface area contributed by atoms with E-state index in [0.29, 0.717) is 11.8 Å². The minimum absolute atomic E-state index is 0.108. The van der Waals surface area contributed by atoms with E-state index in [0.717, 1.165) is 12.3 Å². The lowest BCUT2D eigenvalue weighted by atomic mass is 10.1. The fourth-order valence-corrected chi connectivity index (χ4v) is 1.10. The van der Waals surface area contributed by atoms with Crippen LogP contribution in [-0.4, -0.2) is 30.0 Å². The molecule has 0 aliphatic carbocycles. The first-order valence-electron chi connectivity index (χ1n) is 4.63. The van der Waals surface area contributed by atoms with Crippen molar-refractivity contribution in [2.45, 2.75) is 0 Å². The fourth-order valence-electron chi connectivity index (χ4n) is 1.10. The second kappa shape index (κ2) is 6.09. The van der Waals surface area contributed by atoms with Gasteiger partial charge in [-0.05, 0) is 17.7 Å². The Balaban J connectivity index is 2.82. The number of aliphatic carboxylic acids is 1. The molecule has 8 nitrogen and oxygen atoms in total. The molecule has 0 radical (unpaired) electrons. The quantitative estimate of drug-likeness (QED) is 0.291. The Morgan fingerprint density at radius 1 is 1.50 bits per heavy atom. The number of rotatable bonds is 6. The summed E-state index contributed by atoms with van der Waals surface area (Å²) in [6.45, 7) is -0.704. The molecule has 0 spiro atoms. The number of nitrogens with zero attached hydrogens (tertiary/aromatic N) is 2. The molecule has 0 aliphatic rings. The fraction of sp³-hybridized carbons (Fsp3) is 0.100. The molecule has 0 unspecified atom stereocenters. The summed E-state index contributed by atoms with van der Waals surface area (Å²) < 4.78 is 0. The third-order valence-electron chi connectivity index (χ3n) is 1.83. The van der Waals surface area contributed by atoms with Gasteiger partial charge < -0.3 is 14.7 Å². The highest BCUT2D eigenvalue weighted by Gasteiger charge is 2.12. The molecule has 0 N–H and O–H groups in total. The Kier molecular flexibility index (Phi) is 4.50. The van der Waals surface area contributed by atoms with Gasteiger partial charge in [-0.3, -0.25) is 14.9 Å². The number of oxime groups is 1. The summed E-state index contributed by atoms with van der Waals surface area (Å²) in [6.07, 6.45) is 1.47. The summed E-state index contributed by atoms with van der Waals surface area (Å²) >= 11 is 0. The molecule has 18 heavy (non-hydrogen) atoms. The summed E-state index contributed by atoms with van der Waals surface area (Å²) in [7, 11) is 0. The molecule has 0 aliphatic heterocycles. The number of carboxylic acids is 1. The number of nitro groups is 1. The van der Waals surface area contributed by atoms with Crippen LogP contribution in [0.25, 0.3) is 0 Å². The minimum Gasteiger partial charge on any atom is -0.546 e. The lowest BCUT2D eigenvalue weighted by Crippen LogP contribution is -2.26. The number of hydrogen-bond acceptors (Lipinski definition) is 7. The maximum Gasteiger partial charge on any atom is 0.279 e. The highest BCUT2D eigenvalue weighted by atomic mass is 16.6. The van der Waals surface area contributed by atoms with Crippen molar-refractivity contribution in [3.63, 3.8) is 0 Å². The first-order chi connectivity index (χ1) is 8.54. The smallest absolute Gasteiger partial charge is 0.279 e. The monoisotopic (exact) mass is 251 g/mol. The molecule has 0 aromatic heterocycles. The molecule has 1 rings (SSSR count). The zero-order chi connectivity index (χ0) is 13.5. The average molecular weight is 251 g/mol. The summed E-state index contributed by atoms with van der Waals surface area (Å²) in [5.41, 5.74) is -0.0669. The third kappa shape index (κ3) is 3.67. The zero-order valence-corrected chi connectivity index (χ0v) is 8.94. The van der Waals surface area contributed by atoms with Crippen molar-refractivity contribution in [3.05, 3.63) is 39.4 Å². The van der Waals surface area contributed by atoms with E-state index in [1.54, 1.807) is 0 Å². The number of hydrogen-bond donors (Lipinski definition) is 0. The van der Waals surface area contributed by atoms with E-state index >= 15 is 0 Å². The van der Waals surface area contributed by atoms with Crippen molar-refractivity contribution >= 4 is 24.2 Å². The van der Waals surface area contributed by atoms with Crippen LogP contribution in [0.2, 0.25) is 0 Å². The highest BCUT2D eigenvalue weighted by molar-refractivity contribution is 5.87. The van der Waals surface area contributed by atoms with Crippen molar-refractivity contribution in [2.24, 2.45) is 5.16 Å². The van der Waals surface area contributed by atoms with E-state index in [9.17, 15) is 24.8 Å². The Labute approximate surface area is 101 Å². The van der Waals surface area contributed by atoms with E-state index in [4.69, 9.17) is 0 Å². The van der Waals surface area contributed by atoms with Gasteiger partial charge in [0.15, 0.2) is 12.9 Å². The van der Waals surface area contributed by atoms with Gasteiger partial charge in [-0.2, -0.15) is 0 Å². The lowest BCUT2D eigenvalue weighted by Gasteiger charge is -1.99. The molecule has 1 aromatic carbocycles. The number of benzene rings is 1. The highest BCUT2D eigenvalue weighted by Crippen LogP contribution is 2.17. The predicted octanol–water partition coefficient (Wildman–Crippen LogP) is -0.492. The van der Waals surface area contributed by atoms with Gasteiger partial charge in [-0.15, -0.1) is 0 Å². The molecule has 0 heterocycles. The lowest BCUT2D eigenvalue weighted by molar-refractivity contribution is -0.385. The summed E-state index contributed by atoms with van der Waals surface area (Å²) in [4.78, 5) is 34.8. The molecule has 1 aromatic rings. The van der Waals surface area contributed by atoms with Crippen molar-refractivity contribution in [2.75, 3.05) is 6.61 Å². The molecule has 94 valence electrons. The van der Waals surface area contributed by atoms with Crippen LogP contribution >= 0.6 is 0 Å². The second-order valence-corrected chi connectivity index (χ2v) is 3.07. The van der Waals surface area contributed by atoms with Crippen LogP contribution in [-0.2, 0) is 9.63 Å². The maximum absolute atomic E-state index is 10.6. The van der Waals surface area contributed by atoms with Gasteiger partial charge in [0.2, 0.25) is 0 Å². The zero-order valence-electron chi connectivity index (χ0n) is 8.94. The van der Waals surface area contributed by atoms with Gasteiger partial charge >= 0.3 is 0 Å². The second-order valence-electron chi connectivity index (χ2n) is 3.07. The number of aldehydes is 1. The van der Waals surface area contributed by atoms with Crippen LogP contribution in [0.15, 0.2) is 23.4 Å². The van der Waals surface area contributed by atoms with E-state index in [1.807, 2.05) is 0 Å². The van der Waals surface area contributed by atoms with E-state index < -0.39 is 17.5 Å². The van der Waals surface area contributed by atoms with Crippen molar-refractivity contribution in [1.82, 2.24) is 0 Å². The predicted molar refractivity (Wildman–Crippen MR) is 57.0 cm³/mol. The molecular formula is C10H7N2O6-. The van der Waals surface area contributed by atoms with E-state index in [-0.39, 0.29) is 11.3 Å². The van der Waals surface area contributed by atoms with Gasteiger partial charge in [0.1, 0.15) is 0 Å². The largest absolute Gasteiger partial charge is 0.546 e. The molecule has 0 atom stereocenters. The minimum atomic E-state index is -1.43. The number of carbonyl (C=O) groups excluding carboxylic acids is 2. The Morgan fingerprint density at radius 2 is 2.22 bits per heavy atom. The summed E-state index contributed by atoms with van der Waals surface area (Å²) in [5.74, 6) is -1.43. The number of carbonyl (C=O) groups is 2. The van der Waals surface area contributed by atoms with Crippen LogP contribution in [0.5, 0.6) is 0 Å². The molecule has 0 saturated carbocycles. The first-order valence-corrected chi connectivity index (χ1v) is 4.63. The Morgan fingerprint density at radius 3 is 2.78 bits per heavy atom. The van der Waals surface area contributed by atoms with Gasteiger partial charge in [-0.1, -0.05) is 5.16 Å². The maximum atomic E-state index is 10.6. The van der Waals surface area contributed by atoms with Crippen LogP contribution in [0.3, 0.4) is 0 Å². The van der Waals surface area contributed by atoms with Gasteiger partial charge in [-0.25, -0.2) is 0 Å². The molecular weight excluding hydrogens is 244 g/mol. The summed E-state index contributed by atoms with van der Waals surface area (Å²) in [5, 5.41) is 23.8. The first kappa shape index (κ1) is 13.3. The SMILES string of the molecule is O=Cc1cc(/C=N/OCC(=O)[O-])ccc1[N+](=O)[O-]. The average Bonchev–Trinajstić information content (AvgIpc) is 2.33. The normalized spacial score (nSPS) is 10.2. The van der Waals surface area contributed by atoms with Gasteiger partial charge in [0.25, 0.3) is 5.69 Å². The van der Waals surface area contributed by atoms with Crippen molar-refractivity contribution < 1.29 is 24.5 Å². The molecule has 0 amide bonds. The molecule has 0 fully saturated rings. The Bertz CT molecular complexity index is 511. The third-order valence-corrected chi connectivity index (χ3v) is 1.83. The van der Waals surface area contributed by atoms with Crippen LogP contribution in [0, 0.1) is 10.1 Å². The van der Waals surface area contributed by atoms with Gasteiger partial charge in [0.05, 0.1) is 22.7 Å². The number of nitro benzene ring substituents is 1. The summed E-state index contributed by atoms with van der Waals surface area (Å²) in [6, 6.07) is 3.72. The molecule has 0 bridgehead atoms. The van der Waals surface area contributed by atoms with Crippen molar-refractivity contribution in [1.29, 1.82) is 0 Å². The number of carboxylic acid groups (broad SMARTS) is 1. The standard InChI is InChI=1S/C10H8N2O6/c13-5-8-3-7(1-2-9(8)12(16)17)4-11-18-6-10(14)15/h1-5H,6H2,(H,14,15)/p-1/b11-4+. The van der Waals surface area contributed by atoms with E-state index in [2.05, 4.69) is 9.99 Å². The molecule has 0 saturated heterocycles. The van der Waals surface area contributed by atoms with E-state index in [1.165, 1.54) is 12.1 Å². The van der Waals surface area contributed by atoms with Gasteiger partial charge in [0, 0.05) is 6.07 Å². The molecule has 8 heteroatoms. The van der Waals surface area contributed by atoms with Crippen LogP contribution < -0.4 is 5.11 Å². The van der Waals surface area contributed by atoms with Crippen LogP contribution in [0.4, 0.5) is 5.69 Å². The Hall–Kier alpha value is -2.77. The van der Waals surface area contributed by atoms with Crippen molar-refractivity contribution in [3.8, 4) is 0 Å².